The van der Waals surface area contributed by atoms with Gasteiger partial charge in [-0.15, -0.1) is 23.3 Å². The van der Waals surface area contributed by atoms with E-state index in [0.29, 0.717) is 16.9 Å². The zero-order valence-corrected chi connectivity index (χ0v) is 18.7. The van der Waals surface area contributed by atoms with Gasteiger partial charge in [-0.2, -0.15) is 13.2 Å². The number of aromatic nitrogens is 1. The monoisotopic (exact) mass is 471 g/mol. The number of halogens is 5. The molecule has 0 amide bonds. The van der Waals surface area contributed by atoms with Crippen LogP contribution in [-0.2, 0) is 5.41 Å². The first-order valence-electron chi connectivity index (χ1n) is 8.59. The highest BCUT2D eigenvalue weighted by molar-refractivity contribution is 8.59. The molecule has 29 heavy (non-hydrogen) atoms. The first-order valence-corrected chi connectivity index (χ1v) is 10.6. The molecule has 0 saturated carbocycles. The number of alkyl halides is 3. The highest BCUT2D eigenvalue weighted by Gasteiger charge is 2.43. The average Bonchev–Trinajstić information content (AvgIpc) is 3.00. The largest absolute Gasteiger partial charge is 0.490 e. The lowest BCUT2D eigenvalue weighted by molar-refractivity contribution is -0.207. The molecule has 0 saturated heterocycles. The molecular weight excluding hydrogens is 450 g/mol. The second kappa shape index (κ2) is 10.2. The lowest BCUT2D eigenvalue weighted by atomic mass is 9.86. The first-order chi connectivity index (χ1) is 13.5. The minimum absolute atomic E-state index is 0.0864. The summed E-state index contributed by atoms with van der Waals surface area (Å²) < 4.78 is 57.8. The first kappa shape index (κ1) is 25.9. The van der Waals surface area contributed by atoms with Gasteiger partial charge in [0.05, 0.1) is 17.3 Å². The SMILES string of the molecule is CC.CC1(C)COc2c1cc(C(O)C(F)(F)F)nc2-c1ccc(F)c(Cl)c1.SS. The second-order valence-electron chi connectivity index (χ2n) is 6.52. The molecule has 1 aromatic carbocycles. The van der Waals surface area contributed by atoms with E-state index in [9.17, 15) is 22.7 Å². The number of fused-ring (bicyclic) bond motifs is 1. The highest BCUT2D eigenvalue weighted by atomic mass is 35.5. The van der Waals surface area contributed by atoms with E-state index in [-0.39, 0.29) is 17.3 Å². The summed E-state index contributed by atoms with van der Waals surface area (Å²) in [6.45, 7) is 7.87. The Kier molecular flexibility index (Phi) is 9.13. The number of aliphatic hydroxyl groups is 1. The van der Waals surface area contributed by atoms with Crippen molar-refractivity contribution in [3.05, 3.63) is 46.4 Å². The molecule has 1 atom stereocenters. The quantitative estimate of drug-likeness (QED) is 0.263. The van der Waals surface area contributed by atoms with Crippen molar-refractivity contribution in [2.45, 2.75) is 45.4 Å². The van der Waals surface area contributed by atoms with Crippen LogP contribution in [-0.4, -0.2) is 22.9 Å². The summed E-state index contributed by atoms with van der Waals surface area (Å²) in [4.78, 5) is 3.94. The molecule has 2 heterocycles. The standard InChI is InChI=1S/C17H14ClF4NO2.C2H6.H2S2/c1-16(2)7-25-14-9(16)6-12(15(24)17(20,21)22)23-13(14)8-3-4-11(19)10(18)5-8;2*1-2/h3-6,15,24H,7H2,1-2H3;1-2H3;1-2H. The van der Waals surface area contributed by atoms with Gasteiger partial charge in [0.25, 0.3) is 0 Å². The fraction of sp³-hybridized carbons (Fsp3) is 0.421. The predicted octanol–water partition coefficient (Wildman–Crippen LogP) is 6.59. The fourth-order valence-electron chi connectivity index (χ4n) is 2.68. The summed E-state index contributed by atoms with van der Waals surface area (Å²) in [5.74, 6) is -0.347. The van der Waals surface area contributed by atoms with Crippen LogP contribution in [0, 0.1) is 5.82 Å². The number of benzene rings is 1. The van der Waals surface area contributed by atoms with Gasteiger partial charge in [0.1, 0.15) is 17.3 Å². The van der Waals surface area contributed by atoms with Gasteiger partial charge in [-0.05, 0) is 24.3 Å². The Hall–Kier alpha value is -1.16. The van der Waals surface area contributed by atoms with Crippen LogP contribution in [0.4, 0.5) is 17.6 Å². The molecule has 1 aliphatic rings. The number of ether oxygens (including phenoxy) is 1. The van der Waals surface area contributed by atoms with E-state index in [0.717, 1.165) is 6.07 Å². The Bertz CT molecular complexity index is 848. The third-order valence-corrected chi connectivity index (χ3v) is 4.37. The van der Waals surface area contributed by atoms with Crippen molar-refractivity contribution >= 4 is 34.9 Å². The normalized spacial score (nSPS) is 15.2. The number of thiol groups is 2. The van der Waals surface area contributed by atoms with Gasteiger partial charge in [0.15, 0.2) is 6.10 Å². The molecule has 0 bridgehead atoms. The lowest BCUT2D eigenvalue weighted by Gasteiger charge is -2.20. The van der Waals surface area contributed by atoms with E-state index < -0.39 is 29.2 Å². The Balaban J connectivity index is 0.000000989. The van der Waals surface area contributed by atoms with Gasteiger partial charge in [0.2, 0.25) is 0 Å². The molecule has 3 nitrogen and oxygen atoms in total. The van der Waals surface area contributed by atoms with Crippen molar-refractivity contribution < 1.29 is 27.4 Å². The third-order valence-electron chi connectivity index (χ3n) is 4.08. The van der Waals surface area contributed by atoms with Gasteiger partial charge < -0.3 is 9.84 Å². The number of hydrogen-bond acceptors (Lipinski definition) is 5. The lowest BCUT2D eigenvalue weighted by Crippen LogP contribution is -2.23. The van der Waals surface area contributed by atoms with Crippen LogP contribution in [0.5, 0.6) is 5.75 Å². The van der Waals surface area contributed by atoms with E-state index in [1.807, 2.05) is 27.7 Å². The summed E-state index contributed by atoms with van der Waals surface area (Å²) in [5.41, 5.74) is -0.215. The van der Waals surface area contributed by atoms with Gasteiger partial charge in [0, 0.05) is 16.5 Å². The molecule has 0 aliphatic carbocycles. The van der Waals surface area contributed by atoms with Gasteiger partial charge in [-0.3, -0.25) is 0 Å². The molecule has 1 N–H and O–H groups in total. The molecule has 3 rings (SSSR count). The molecule has 1 unspecified atom stereocenters. The molecule has 10 heteroatoms. The van der Waals surface area contributed by atoms with Gasteiger partial charge >= 0.3 is 6.18 Å². The summed E-state index contributed by atoms with van der Waals surface area (Å²) in [5, 5.41) is 9.43. The van der Waals surface area contributed by atoms with E-state index in [2.05, 4.69) is 28.3 Å². The van der Waals surface area contributed by atoms with E-state index in [4.69, 9.17) is 16.3 Å². The predicted molar refractivity (Wildman–Crippen MR) is 113 cm³/mol. The van der Waals surface area contributed by atoms with Crippen LogP contribution >= 0.6 is 34.9 Å². The zero-order chi connectivity index (χ0) is 22.6. The number of aliphatic hydroxyl groups excluding tert-OH is 1. The molecule has 0 fully saturated rings. The number of pyridine rings is 1. The number of hydrogen-bond donors (Lipinski definition) is 3. The Morgan fingerprint density at radius 1 is 1.21 bits per heavy atom. The highest BCUT2D eigenvalue weighted by Crippen LogP contribution is 2.46. The van der Waals surface area contributed by atoms with Crippen molar-refractivity contribution in [2.24, 2.45) is 0 Å². The van der Waals surface area contributed by atoms with Crippen LogP contribution in [0.15, 0.2) is 24.3 Å². The topological polar surface area (TPSA) is 42.4 Å². The Morgan fingerprint density at radius 2 is 1.79 bits per heavy atom. The van der Waals surface area contributed by atoms with Crippen molar-refractivity contribution in [3.8, 4) is 17.0 Å². The number of nitrogens with zero attached hydrogens (tertiary/aromatic N) is 1. The minimum atomic E-state index is -4.86. The van der Waals surface area contributed by atoms with Gasteiger partial charge in [-0.1, -0.05) is 39.3 Å². The van der Waals surface area contributed by atoms with E-state index in [1.54, 1.807) is 0 Å². The maximum atomic E-state index is 13.4. The molecule has 2 aromatic rings. The number of rotatable bonds is 2. The van der Waals surface area contributed by atoms with Gasteiger partial charge in [-0.25, -0.2) is 9.37 Å². The molecule has 1 aliphatic heterocycles. The molecule has 0 spiro atoms. The molecule has 162 valence electrons. The summed E-state index contributed by atoms with van der Waals surface area (Å²) in [6.07, 6.45) is -7.59. The van der Waals surface area contributed by atoms with E-state index >= 15 is 0 Å². The van der Waals surface area contributed by atoms with Crippen molar-refractivity contribution in [2.75, 3.05) is 6.61 Å². The summed E-state index contributed by atoms with van der Waals surface area (Å²) in [7, 11) is 0. The maximum Gasteiger partial charge on any atom is 0.420 e. The Labute approximate surface area is 182 Å². The van der Waals surface area contributed by atoms with Crippen molar-refractivity contribution in [3.63, 3.8) is 0 Å². The van der Waals surface area contributed by atoms with Crippen LogP contribution in [0.25, 0.3) is 11.3 Å². The second-order valence-corrected chi connectivity index (χ2v) is 6.93. The van der Waals surface area contributed by atoms with E-state index in [1.165, 1.54) is 18.2 Å². The zero-order valence-electron chi connectivity index (χ0n) is 16.2. The van der Waals surface area contributed by atoms with Crippen LogP contribution in [0.3, 0.4) is 0 Å². The molecular formula is C19H22ClF4NO2S2. The van der Waals surface area contributed by atoms with Crippen LogP contribution in [0.2, 0.25) is 5.02 Å². The molecule has 1 aromatic heterocycles. The fourth-order valence-corrected chi connectivity index (χ4v) is 2.86. The average molecular weight is 472 g/mol. The summed E-state index contributed by atoms with van der Waals surface area (Å²) in [6, 6.07) is 4.91. The van der Waals surface area contributed by atoms with Crippen LogP contribution in [0.1, 0.15) is 45.1 Å². The van der Waals surface area contributed by atoms with Crippen molar-refractivity contribution in [1.29, 1.82) is 0 Å². The third kappa shape index (κ3) is 5.71. The maximum absolute atomic E-state index is 13.4. The Morgan fingerprint density at radius 3 is 2.31 bits per heavy atom. The smallest absolute Gasteiger partial charge is 0.420 e. The molecule has 0 radical (unpaired) electrons. The van der Waals surface area contributed by atoms with Crippen molar-refractivity contribution in [1.82, 2.24) is 4.98 Å². The minimum Gasteiger partial charge on any atom is -0.490 e. The van der Waals surface area contributed by atoms with Crippen LogP contribution < -0.4 is 4.74 Å². The summed E-state index contributed by atoms with van der Waals surface area (Å²) >= 11 is 12.2.